The van der Waals surface area contributed by atoms with Crippen molar-refractivity contribution in [2.24, 2.45) is 0 Å². The van der Waals surface area contributed by atoms with Crippen LogP contribution in [0.5, 0.6) is 0 Å². The second-order valence-corrected chi connectivity index (χ2v) is 5.11. The molecule has 0 bridgehead atoms. The summed E-state index contributed by atoms with van der Waals surface area (Å²) in [5.41, 5.74) is 0.466. The molecule has 0 saturated carbocycles. The zero-order valence-corrected chi connectivity index (χ0v) is 12.9. The van der Waals surface area contributed by atoms with Gasteiger partial charge in [0, 0.05) is 17.0 Å². The second kappa shape index (κ2) is 7.79. The second-order valence-electron chi connectivity index (χ2n) is 4.20. The molecular formula is C14H16BrNO4. The third-order valence-electron chi connectivity index (χ3n) is 2.58. The normalized spacial score (nSPS) is 11.6. The van der Waals surface area contributed by atoms with Gasteiger partial charge in [-0.3, -0.25) is 9.59 Å². The Morgan fingerprint density at radius 3 is 2.35 bits per heavy atom. The van der Waals surface area contributed by atoms with Crippen LogP contribution in [0.1, 0.15) is 30.6 Å². The number of nitrogens with one attached hydrogen (secondary N) is 1. The third kappa shape index (κ3) is 5.13. The summed E-state index contributed by atoms with van der Waals surface area (Å²) in [5, 5.41) is 2.47. The van der Waals surface area contributed by atoms with Gasteiger partial charge in [-0.1, -0.05) is 35.0 Å². The van der Waals surface area contributed by atoms with E-state index in [2.05, 4.69) is 21.2 Å². The number of halogens is 1. The highest BCUT2D eigenvalue weighted by Gasteiger charge is 2.20. The predicted molar refractivity (Wildman–Crippen MR) is 77.3 cm³/mol. The molecule has 108 valence electrons. The molecule has 1 rings (SSSR count). The van der Waals surface area contributed by atoms with Gasteiger partial charge in [0.2, 0.25) is 5.91 Å². The Morgan fingerprint density at radius 1 is 1.25 bits per heavy atom. The van der Waals surface area contributed by atoms with E-state index in [1.54, 1.807) is 31.2 Å². The van der Waals surface area contributed by atoms with Crippen LogP contribution in [0.3, 0.4) is 0 Å². The summed E-state index contributed by atoms with van der Waals surface area (Å²) in [6.45, 7) is 2.73. The molecule has 1 N–H and O–H groups in total. The molecule has 0 aliphatic heterocycles. The predicted octanol–water partition coefficient (Wildman–Crippen LogP) is 2.09. The molecule has 5 nitrogen and oxygen atoms in total. The third-order valence-corrected chi connectivity index (χ3v) is 3.11. The maximum absolute atomic E-state index is 11.8. The van der Waals surface area contributed by atoms with Crippen LogP contribution in [0.25, 0.3) is 0 Å². The molecule has 1 aromatic carbocycles. The average molecular weight is 342 g/mol. The SMILES string of the molecule is CCC(NC(C)=O)C(=O)OCC(=O)c1ccc(Br)cc1. The largest absolute Gasteiger partial charge is 0.456 e. The van der Waals surface area contributed by atoms with Crippen LogP contribution in [-0.2, 0) is 14.3 Å². The fraction of sp³-hybridized carbons (Fsp3) is 0.357. The van der Waals surface area contributed by atoms with E-state index in [9.17, 15) is 14.4 Å². The minimum Gasteiger partial charge on any atom is -0.456 e. The van der Waals surface area contributed by atoms with Crippen LogP contribution in [0.2, 0.25) is 0 Å². The summed E-state index contributed by atoms with van der Waals surface area (Å²) in [4.78, 5) is 34.4. The van der Waals surface area contributed by atoms with Gasteiger partial charge in [0.05, 0.1) is 0 Å². The van der Waals surface area contributed by atoms with Crippen LogP contribution < -0.4 is 5.32 Å². The van der Waals surface area contributed by atoms with E-state index >= 15 is 0 Å². The molecule has 6 heteroatoms. The number of carbonyl (C=O) groups excluding carboxylic acids is 3. The molecule has 0 aliphatic carbocycles. The number of benzene rings is 1. The Balaban J connectivity index is 2.53. The molecule has 1 atom stereocenters. The zero-order valence-electron chi connectivity index (χ0n) is 11.3. The van der Waals surface area contributed by atoms with Crippen molar-refractivity contribution >= 4 is 33.6 Å². The summed E-state index contributed by atoms with van der Waals surface area (Å²) in [5.74, 6) is -1.20. The van der Waals surface area contributed by atoms with Gasteiger partial charge in [0.15, 0.2) is 12.4 Å². The Kier molecular flexibility index (Phi) is 6.38. The quantitative estimate of drug-likeness (QED) is 0.635. The van der Waals surface area contributed by atoms with Crippen molar-refractivity contribution in [1.29, 1.82) is 0 Å². The first-order chi connectivity index (χ1) is 9.43. The number of carbonyl (C=O) groups is 3. The minimum absolute atomic E-state index is 0.288. The number of amides is 1. The van der Waals surface area contributed by atoms with Gasteiger partial charge in [0.1, 0.15) is 6.04 Å². The van der Waals surface area contributed by atoms with Gasteiger partial charge < -0.3 is 10.1 Å². The van der Waals surface area contributed by atoms with Crippen LogP contribution in [-0.4, -0.2) is 30.3 Å². The van der Waals surface area contributed by atoms with Crippen LogP contribution in [0.15, 0.2) is 28.7 Å². The number of esters is 1. The standard InChI is InChI=1S/C14H16BrNO4/c1-3-12(16-9(2)17)14(19)20-8-13(18)10-4-6-11(15)7-5-10/h4-7,12H,3,8H2,1-2H3,(H,16,17). The van der Waals surface area contributed by atoms with Crippen LogP contribution >= 0.6 is 15.9 Å². The van der Waals surface area contributed by atoms with Crippen molar-refractivity contribution < 1.29 is 19.1 Å². The molecule has 1 unspecified atom stereocenters. The molecule has 0 heterocycles. The molecule has 0 aromatic heterocycles. The summed E-state index contributed by atoms with van der Waals surface area (Å²) >= 11 is 3.27. The van der Waals surface area contributed by atoms with Gasteiger partial charge in [0.25, 0.3) is 0 Å². The summed E-state index contributed by atoms with van der Waals surface area (Å²) < 4.78 is 5.79. The molecular weight excluding hydrogens is 326 g/mol. The first kappa shape index (κ1) is 16.4. The Hall–Kier alpha value is -1.69. The molecule has 0 fully saturated rings. The molecule has 0 saturated heterocycles. The highest BCUT2D eigenvalue weighted by molar-refractivity contribution is 9.10. The monoisotopic (exact) mass is 341 g/mol. The fourth-order valence-electron chi connectivity index (χ4n) is 1.53. The maximum atomic E-state index is 11.8. The van der Waals surface area contributed by atoms with E-state index in [0.29, 0.717) is 12.0 Å². The smallest absolute Gasteiger partial charge is 0.329 e. The van der Waals surface area contributed by atoms with E-state index in [0.717, 1.165) is 4.47 Å². The van der Waals surface area contributed by atoms with Crippen molar-refractivity contribution in [2.45, 2.75) is 26.3 Å². The van der Waals surface area contributed by atoms with Gasteiger partial charge in [-0.2, -0.15) is 0 Å². The number of hydrogen-bond acceptors (Lipinski definition) is 4. The molecule has 20 heavy (non-hydrogen) atoms. The van der Waals surface area contributed by atoms with Gasteiger partial charge in [-0.05, 0) is 18.6 Å². The lowest BCUT2D eigenvalue weighted by Crippen LogP contribution is -2.40. The first-order valence-electron chi connectivity index (χ1n) is 6.16. The Labute approximate surface area is 125 Å². The molecule has 0 aliphatic rings. The molecule has 0 radical (unpaired) electrons. The average Bonchev–Trinajstić information content (AvgIpc) is 2.42. The van der Waals surface area contributed by atoms with Crippen molar-refractivity contribution in [3.63, 3.8) is 0 Å². The van der Waals surface area contributed by atoms with Crippen LogP contribution in [0.4, 0.5) is 0 Å². The fourth-order valence-corrected chi connectivity index (χ4v) is 1.79. The Bertz CT molecular complexity index is 498. The number of hydrogen-bond donors (Lipinski definition) is 1. The number of Topliss-reactive ketones (excluding diaryl/α,β-unsaturated/α-hetero) is 1. The van der Waals surface area contributed by atoms with E-state index in [1.807, 2.05) is 0 Å². The minimum atomic E-state index is -0.717. The lowest BCUT2D eigenvalue weighted by molar-refractivity contribution is -0.146. The topological polar surface area (TPSA) is 72.5 Å². The van der Waals surface area contributed by atoms with Gasteiger partial charge in [-0.25, -0.2) is 4.79 Å². The van der Waals surface area contributed by atoms with Crippen molar-refractivity contribution in [2.75, 3.05) is 6.61 Å². The molecule has 1 aromatic rings. The molecule has 0 spiro atoms. The number of rotatable bonds is 6. The lowest BCUT2D eigenvalue weighted by atomic mass is 10.1. The Morgan fingerprint density at radius 2 is 1.85 bits per heavy atom. The summed E-state index contributed by atoms with van der Waals surface area (Å²) in [7, 11) is 0. The van der Waals surface area contributed by atoms with Crippen molar-refractivity contribution in [3.05, 3.63) is 34.3 Å². The maximum Gasteiger partial charge on any atom is 0.329 e. The van der Waals surface area contributed by atoms with Crippen molar-refractivity contribution in [1.82, 2.24) is 5.32 Å². The number of ketones is 1. The van der Waals surface area contributed by atoms with Gasteiger partial charge >= 0.3 is 5.97 Å². The highest BCUT2D eigenvalue weighted by atomic mass is 79.9. The van der Waals surface area contributed by atoms with E-state index in [-0.39, 0.29) is 18.3 Å². The van der Waals surface area contributed by atoms with E-state index in [1.165, 1.54) is 6.92 Å². The van der Waals surface area contributed by atoms with Gasteiger partial charge in [-0.15, -0.1) is 0 Å². The van der Waals surface area contributed by atoms with Crippen molar-refractivity contribution in [3.8, 4) is 0 Å². The lowest BCUT2D eigenvalue weighted by Gasteiger charge is -2.14. The molecule has 1 amide bonds. The van der Waals surface area contributed by atoms with E-state index in [4.69, 9.17) is 4.74 Å². The first-order valence-corrected chi connectivity index (χ1v) is 6.95. The van der Waals surface area contributed by atoms with E-state index < -0.39 is 12.0 Å². The summed E-state index contributed by atoms with van der Waals surface area (Å²) in [6.07, 6.45) is 0.408. The number of ether oxygens (including phenoxy) is 1. The highest BCUT2D eigenvalue weighted by Crippen LogP contribution is 2.11. The van der Waals surface area contributed by atoms with Crippen LogP contribution in [0, 0.1) is 0 Å². The zero-order chi connectivity index (χ0) is 15.1. The summed E-state index contributed by atoms with van der Waals surface area (Å²) in [6, 6.07) is 6.05.